The molecule has 8 nitrogen and oxygen atoms in total. The Balaban J connectivity index is 1.42. The van der Waals surface area contributed by atoms with Gasteiger partial charge < -0.3 is 26.2 Å². The second kappa shape index (κ2) is 11.4. The Kier molecular flexibility index (Phi) is 7.62. The molecule has 1 fully saturated rings. The van der Waals surface area contributed by atoms with Gasteiger partial charge in [0.2, 0.25) is 0 Å². The second-order valence-corrected chi connectivity index (χ2v) is 8.86. The zero-order chi connectivity index (χ0) is 25.6. The van der Waals surface area contributed by atoms with E-state index in [1.165, 1.54) is 0 Å². The zero-order valence-corrected chi connectivity index (χ0v) is 20.4. The van der Waals surface area contributed by atoms with E-state index in [-0.39, 0.29) is 18.6 Å². The van der Waals surface area contributed by atoms with Crippen LogP contribution in [-0.4, -0.2) is 40.7 Å². The Labute approximate surface area is 215 Å². The number of amides is 1. The maximum absolute atomic E-state index is 12.6. The van der Waals surface area contributed by atoms with Crippen LogP contribution in [0.15, 0.2) is 78.9 Å². The summed E-state index contributed by atoms with van der Waals surface area (Å²) in [6.45, 7) is 2.48. The number of nitrogens with two attached hydrogens (primary N) is 1. The Bertz CT molecular complexity index is 1370. The van der Waals surface area contributed by atoms with Gasteiger partial charge in [-0.05, 0) is 47.5 Å². The molecule has 0 saturated carbocycles. The lowest BCUT2D eigenvalue weighted by atomic mass is 10.1. The van der Waals surface area contributed by atoms with Crippen molar-refractivity contribution in [3.05, 3.63) is 101 Å². The van der Waals surface area contributed by atoms with Gasteiger partial charge in [0.15, 0.2) is 5.82 Å². The lowest BCUT2D eigenvalue weighted by Crippen LogP contribution is -2.33. The molecule has 1 aliphatic rings. The molecule has 4 aromatic rings. The molecule has 1 aromatic heterocycles. The van der Waals surface area contributed by atoms with E-state index in [9.17, 15) is 9.90 Å². The first-order valence-corrected chi connectivity index (χ1v) is 12.2. The standard InChI is InChI=1S/C29H29N5O3/c30-16-19-4-6-22(7-5-19)29(36)32-24-10-8-21(9-11-24)25-15-26(27-17-31-12-13-37-27)34-28(33-25)23-3-1-2-20(14-23)18-35/h1-11,14-15,27,31,35H,12-13,16-18,30H2,(H,32,36). The minimum atomic E-state index is -0.186. The molecule has 8 heteroatoms. The highest BCUT2D eigenvalue weighted by atomic mass is 16.5. The molecular weight excluding hydrogens is 466 g/mol. The molecule has 5 rings (SSSR count). The summed E-state index contributed by atoms with van der Waals surface area (Å²) in [4.78, 5) is 22.3. The highest BCUT2D eigenvalue weighted by Crippen LogP contribution is 2.28. The van der Waals surface area contributed by atoms with E-state index >= 15 is 0 Å². The third-order valence-electron chi connectivity index (χ3n) is 6.26. The van der Waals surface area contributed by atoms with Crippen LogP contribution < -0.4 is 16.4 Å². The molecule has 37 heavy (non-hydrogen) atoms. The summed E-state index contributed by atoms with van der Waals surface area (Å²) in [5.41, 5.74) is 11.9. The summed E-state index contributed by atoms with van der Waals surface area (Å²) in [6.07, 6.45) is -0.181. The van der Waals surface area contributed by atoms with Crippen molar-refractivity contribution >= 4 is 11.6 Å². The van der Waals surface area contributed by atoms with Crippen molar-refractivity contribution in [1.29, 1.82) is 0 Å². The van der Waals surface area contributed by atoms with Crippen LogP contribution >= 0.6 is 0 Å². The minimum absolute atomic E-state index is 0.0552. The smallest absolute Gasteiger partial charge is 0.255 e. The number of aliphatic hydroxyl groups is 1. The minimum Gasteiger partial charge on any atom is -0.392 e. The van der Waals surface area contributed by atoms with Gasteiger partial charge >= 0.3 is 0 Å². The highest BCUT2D eigenvalue weighted by molar-refractivity contribution is 6.04. The first-order valence-electron chi connectivity index (χ1n) is 12.2. The molecule has 3 aromatic carbocycles. The van der Waals surface area contributed by atoms with Crippen LogP contribution in [0.3, 0.4) is 0 Å². The molecule has 1 aliphatic heterocycles. The molecule has 1 saturated heterocycles. The lowest BCUT2D eigenvalue weighted by molar-refractivity contribution is 0.0250. The highest BCUT2D eigenvalue weighted by Gasteiger charge is 2.20. The summed E-state index contributed by atoms with van der Waals surface area (Å²) in [5.74, 6) is 0.379. The van der Waals surface area contributed by atoms with E-state index in [0.29, 0.717) is 36.8 Å². The van der Waals surface area contributed by atoms with Gasteiger partial charge in [-0.15, -0.1) is 0 Å². The van der Waals surface area contributed by atoms with Gasteiger partial charge in [-0.25, -0.2) is 9.97 Å². The fourth-order valence-corrected chi connectivity index (χ4v) is 4.19. The zero-order valence-electron chi connectivity index (χ0n) is 20.4. The van der Waals surface area contributed by atoms with Crippen LogP contribution in [0.4, 0.5) is 5.69 Å². The van der Waals surface area contributed by atoms with E-state index in [1.807, 2.05) is 66.7 Å². The first-order chi connectivity index (χ1) is 18.1. The van der Waals surface area contributed by atoms with Gasteiger partial charge in [-0.1, -0.05) is 42.5 Å². The molecule has 188 valence electrons. The lowest BCUT2D eigenvalue weighted by Gasteiger charge is -2.24. The quantitative estimate of drug-likeness (QED) is 0.309. The fraction of sp³-hybridized carbons (Fsp3) is 0.207. The number of aromatic nitrogens is 2. The number of rotatable bonds is 7. The number of nitrogens with zero attached hydrogens (tertiary/aromatic N) is 2. The molecule has 2 heterocycles. The number of benzene rings is 3. The molecule has 0 spiro atoms. The number of nitrogens with one attached hydrogen (secondary N) is 2. The summed E-state index contributed by atoms with van der Waals surface area (Å²) in [6, 6.07) is 24.3. The van der Waals surface area contributed by atoms with Crippen molar-refractivity contribution in [2.75, 3.05) is 25.0 Å². The maximum Gasteiger partial charge on any atom is 0.255 e. The third kappa shape index (κ3) is 5.90. The van der Waals surface area contributed by atoms with Crippen LogP contribution in [0.25, 0.3) is 22.6 Å². The number of morpholine rings is 1. The monoisotopic (exact) mass is 495 g/mol. The molecular formula is C29H29N5O3. The van der Waals surface area contributed by atoms with E-state index in [2.05, 4.69) is 10.6 Å². The van der Waals surface area contributed by atoms with Gasteiger partial charge in [-0.3, -0.25) is 4.79 Å². The average Bonchev–Trinajstić information content (AvgIpc) is 2.98. The number of hydrogen-bond acceptors (Lipinski definition) is 7. The van der Waals surface area contributed by atoms with Gasteiger partial charge in [-0.2, -0.15) is 0 Å². The normalized spacial score (nSPS) is 15.4. The van der Waals surface area contributed by atoms with Gasteiger partial charge in [0.25, 0.3) is 5.91 Å². The van der Waals surface area contributed by atoms with Crippen molar-refractivity contribution in [3.8, 4) is 22.6 Å². The Morgan fingerprint density at radius 3 is 2.51 bits per heavy atom. The van der Waals surface area contributed by atoms with Crippen LogP contribution in [-0.2, 0) is 17.9 Å². The topological polar surface area (TPSA) is 122 Å². The van der Waals surface area contributed by atoms with E-state index < -0.39 is 0 Å². The van der Waals surface area contributed by atoms with Crippen LogP contribution in [0.2, 0.25) is 0 Å². The van der Waals surface area contributed by atoms with E-state index in [4.69, 9.17) is 20.4 Å². The SMILES string of the molecule is NCc1ccc(C(=O)Nc2ccc(-c3cc(C4CNCCO4)nc(-c4cccc(CO)c4)n3)cc2)cc1. The molecule has 1 atom stereocenters. The van der Waals surface area contributed by atoms with Crippen molar-refractivity contribution in [2.45, 2.75) is 19.3 Å². The summed E-state index contributed by atoms with van der Waals surface area (Å²) in [5, 5.41) is 15.9. The Morgan fingerprint density at radius 2 is 1.81 bits per heavy atom. The maximum atomic E-state index is 12.6. The number of carbonyl (C=O) groups excluding carboxylic acids is 1. The molecule has 0 radical (unpaired) electrons. The van der Waals surface area contributed by atoms with Crippen LogP contribution in [0.5, 0.6) is 0 Å². The molecule has 0 aliphatic carbocycles. The largest absolute Gasteiger partial charge is 0.392 e. The first kappa shape index (κ1) is 24.7. The van der Waals surface area contributed by atoms with Crippen LogP contribution in [0.1, 0.15) is 33.3 Å². The molecule has 0 bridgehead atoms. The number of aliphatic hydroxyl groups excluding tert-OH is 1. The van der Waals surface area contributed by atoms with E-state index in [0.717, 1.165) is 40.2 Å². The summed E-state index contributed by atoms with van der Waals surface area (Å²) in [7, 11) is 0. The number of carbonyl (C=O) groups is 1. The Morgan fingerprint density at radius 1 is 1.00 bits per heavy atom. The van der Waals surface area contributed by atoms with Crippen molar-refractivity contribution in [1.82, 2.24) is 15.3 Å². The predicted molar refractivity (Wildman–Crippen MR) is 143 cm³/mol. The second-order valence-electron chi connectivity index (χ2n) is 8.86. The molecule has 5 N–H and O–H groups in total. The molecule has 1 unspecified atom stereocenters. The Hall–Kier alpha value is -3.95. The predicted octanol–water partition coefficient (Wildman–Crippen LogP) is 3.67. The fourth-order valence-electron chi connectivity index (χ4n) is 4.19. The van der Waals surface area contributed by atoms with Crippen molar-refractivity contribution in [3.63, 3.8) is 0 Å². The number of ether oxygens (including phenoxy) is 1. The van der Waals surface area contributed by atoms with E-state index in [1.54, 1.807) is 12.1 Å². The average molecular weight is 496 g/mol. The number of anilines is 1. The molecule has 1 amide bonds. The third-order valence-corrected chi connectivity index (χ3v) is 6.26. The summed E-state index contributed by atoms with van der Waals surface area (Å²) >= 11 is 0. The number of hydrogen-bond donors (Lipinski definition) is 4. The van der Waals surface area contributed by atoms with Gasteiger partial charge in [0.05, 0.1) is 24.6 Å². The van der Waals surface area contributed by atoms with Gasteiger partial charge in [0, 0.05) is 42.0 Å². The summed E-state index contributed by atoms with van der Waals surface area (Å²) < 4.78 is 5.96. The van der Waals surface area contributed by atoms with Crippen LogP contribution in [0, 0.1) is 0 Å². The van der Waals surface area contributed by atoms with Crippen molar-refractivity contribution in [2.24, 2.45) is 5.73 Å². The van der Waals surface area contributed by atoms with Crippen molar-refractivity contribution < 1.29 is 14.6 Å². The van der Waals surface area contributed by atoms with Gasteiger partial charge in [0.1, 0.15) is 6.10 Å².